The predicted molar refractivity (Wildman–Crippen MR) is 75.6 cm³/mol. The van der Waals surface area contributed by atoms with Crippen molar-refractivity contribution in [1.29, 1.82) is 0 Å². The molecule has 2 amide bonds. The van der Waals surface area contributed by atoms with E-state index in [2.05, 4.69) is 10.6 Å². The number of carboxylic acids is 1. The van der Waals surface area contributed by atoms with Crippen LogP contribution in [0.25, 0.3) is 0 Å². The molecule has 0 saturated carbocycles. The van der Waals surface area contributed by atoms with Crippen molar-refractivity contribution in [2.75, 3.05) is 12.0 Å². The molecule has 0 aliphatic rings. The van der Waals surface area contributed by atoms with Crippen molar-refractivity contribution < 1.29 is 18.9 Å². The quantitative estimate of drug-likeness (QED) is 0.620. The Morgan fingerprint density at radius 2 is 1.79 bits per heavy atom. The third-order valence-corrected chi connectivity index (χ3v) is 3.34. The smallest absolute Gasteiger partial charge is 0.326 e. The summed E-state index contributed by atoms with van der Waals surface area (Å²) in [6, 6.07) is -1.52. The highest BCUT2D eigenvalue weighted by Gasteiger charge is 2.21. The largest absolute Gasteiger partial charge is 0.480 e. The van der Waals surface area contributed by atoms with Crippen molar-refractivity contribution in [2.24, 2.45) is 5.92 Å². The van der Waals surface area contributed by atoms with Crippen LogP contribution in [0.3, 0.4) is 0 Å². The van der Waals surface area contributed by atoms with Gasteiger partial charge in [0.15, 0.2) is 0 Å². The lowest BCUT2D eigenvalue weighted by molar-refractivity contribution is -0.139. The van der Waals surface area contributed by atoms with Gasteiger partial charge < -0.3 is 15.7 Å². The number of carboxylic acid groups (broad SMARTS) is 1. The van der Waals surface area contributed by atoms with Gasteiger partial charge in [0.25, 0.3) is 0 Å². The first-order valence-electron chi connectivity index (χ1n) is 6.32. The summed E-state index contributed by atoms with van der Waals surface area (Å²) >= 11 is 0. The number of amides is 2. The van der Waals surface area contributed by atoms with Crippen molar-refractivity contribution in [2.45, 2.75) is 45.7 Å². The molecule has 0 spiro atoms. The Kier molecular flexibility index (Phi) is 8.38. The number of aliphatic carboxylic acids is 1. The molecule has 0 aliphatic heterocycles. The summed E-state index contributed by atoms with van der Waals surface area (Å²) in [6.07, 6.45) is 2.59. The van der Waals surface area contributed by atoms with Gasteiger partial charge in [-0.3, -0.25) is 4.21 Å². The molecule has 2 unspecified atom stereocenters. The Hall–Kier alpha value is -1.11. The lowest BCUT2D eigenvalue weighted by atomic mass is 10.0. The normalized spacial score (nSPS) is 15.6. The van der Waals surface area contributed by atoms with Gasteiger partial charge in [0.05, 0.1) is 0 Å². The minimum Gasteiger partial charge on any atom is -0.480 e. The lowest BCUT2D eigenvalue weighted by Gasteiger charge is -2.19. The molecule has 0 rings (SSSR count). The second-order valence-electron chi connectivity index (χ2n) is 5.11. The first kappa shape index (κ1) is 17.9. The van der Waals surface area contributed by atoms with Crippen LogP contribution in [0.15, 0.2) is 0 Å². The summed E-state index contributed by atoms with van der Waals surface area (Å²) < 4.78 is 10.9. The van der Waals surface area contributed by atoms with E-state index >= 15 is 0 Å². The molecule has 7 heteroatoms. The van der Waals surface area contributed by atoms with Crippen LogP contribution < -0.4 is 10.6 Å². The highest BCUT2D eigenvalue weighted by molar-refractivity contribution is 7.84. The van der Waals surface area contributed by atoms with Crippen LogP contribution in [0.2, 0.25) is 0 Å². The van der Waals surface area contributed by atoms with Gasteiger partial charge in [-0.05, 0) is 25.7 Å². The highest BCUT2D eigenvalue weighted by Crippen LogP contribution is 2.05. The van der Waals surface area contributed by atoms with E-state index in [1.165, 1.54) is 0 Å². The van der Waals surface area contributed by atoms with Gasteiger partial charge in [-0.25, -0.2) is 9.59 Å². The van der Waals surface area contributed by atoms with Gasteiger partial charge in [-0.15, -0.1) is 0 Å². The summed E-state index contributed by atoms with van der Waals surface area (Å²) in [5.41, 5.74) is 0. The van der Waals surface area contributed by atoms with Crippen LogP contribution in [0.4, 0.5) is 4.79 Å². The number of nitrogens with one attached hydrogen (secondary N) is 2. The van der Waals surface area contributed by atoms with Crippen molar-refractivity contribution >= 4 is 22.8 Å². The molecule has 3 N–H and O–H groups in total. The van der Waals surface area contributed by atoms with E-state index in [4.69, 9.17) is 5.11 Å². The molecule has 0 radical (unpaired) electrons. The van der Waals surface area contributed by atoms with E-state index in [1.807, 2.05) is 13.8 Å². The van der Waals surface area contributed by atoms with Crippen LogP contribution in [0, 0.1) is 5.92 Å². The summed E-state index contributed by atoms with van der Waals surface area (Å²) in [5, 5.41) is 14.1. The van der Waals surface area contributed by atoms with Gasteiger partial charge in [0, 0.05) is 28.9 Å². The molecular weight excluding hydrogens is 268 g/mol. The van der Waals surface area contributed by atoms with E-state index in [1.54, 1.807) is 13.2 Å². The van der Waals surface area contributed by atoms with Crippen LogP contribution in [0.5, 0.6) is 0 Å². The van der Waals surface area contributed by atoms with Gasteiger partial charge in [0.1, 0.15) is 6.04 Å². The van der Waals surface area contributed by atoms with Crippen molar-refractivity contribution in [3.63, 3.8) is 0 Å². The van der Waals surface area contributed by atoms with Gasteiger partial charge in [0.2, 0.25) is 0 Å². The Balaban J connectivity index is 4.18. The highest BCUT2D eigenvalue weighted by atomic mass is 32.2. The third kappa shape index (κ3) is 9.47. The SMILES string of the molecule is CC(C)C[C@H](NC(=O)NC(C)CCS(C)=O)C(=O)O. The number of hydrogen-bond acceptors (Lipinski definition) is 3. The van der Waals surface area contributed by atoms with Crippen LogP contribution in [-0.4, -0.2) is 45.4 Å². The topological polar surface area (TPSA) is 95.5 Å². The summed E-state index contributed by atoms with van der Waals surface area (Å²) in [5.74, 6) is -0.344. The average Bonchev–Trinajstić information content (AvgIpc) is 2.24. The Morgan fingerprint density at radius 3 is 2.21 bits per heavy atom. The van der Waals surface area contributed by atoms with Crippen LogP contribution in [-0.2, 0) is 15.6 Å². The maximum absolute atomic E-state index is 11.6. The fraction of sp³-hybridized carbons (Fsp3) is 0.833. The summed E-state index contributed by atoms with van der Waals surface area (Å²) in [4.78, 5) is 22.6. The van der Waals surface area contributed by atoms with Crippen molar-refractivity contribution in [1.82, 2.24) is 10.6 Å². The van der Waals surface area contributed by atoms with Gasteiger partial charge in [-0.1, -0.05) is 13.8 Å². The zero-order valence-corrected chi connectivity index (χ0v) is 12.8. The molecule has 6 nitrogen and oxygen atoms in total. The molecule has 0 aromatic heterocycles. The number of carbonyl (C=O) groups excluding carboxylic acids is 1. The summed E-state index contributed by atoms with van der Waals surface area (Å²) in [6.45, 7) is 5.59. The maximum Gasteiger partial charge on any atom is 0.326 e. The Labute approximate surface area is 116 Å². The molecule has 0 heterocycles. The Morgan fingerprint density at radius 1 is 1.21 bits per heavy atom. The second-order valence-corrected chi connectivity index (χ2v) is 6.66. The fourth-order valence-corrected chi connectivity index (χ4v) is 2.22. The molecule has 0 saturated heterocycles. The zero-order valence-electron chi connectivity index (χ0n) is 11.9. The molecular formula is C12H24N2O4S. The van der Waals surface area contributed by atoms with Gasteiger partial charge in [-0.2, -0.15) is 0 Å². The monoisotopic (exact) mass is 292 g/mol. The number of urea groups is 1. The number of rotatable bonds is 8. The second kappa shape index (κ2) is 8.90. The summed E-state index contributed by atoms with van der Waals surface area (Å²) in [7, 11) is -0.893. The Bertz CT molecular complexity index is 334. The molecule has 19 heavy (non-hydrogen) atoms. The molecule has 0 aromatic carbocycles. The minimum atomic E-state index is -1.04. The standard InChI is InChI=1S/C12H24N2O4S/c1-8(2)7-10(11(15)16)14-12(17)13-9(3)5-6-19(4)18/h8-10H,5-7H2,1-4H3,(H,15,16)(H2,13,14,17)/t9?,10-,19?/m0/s1. The first-order valence-corrected chi connectivity index (χ1v) is 8.05. The average molecular weight is 292 g/mol. The van der Waals surface area contributed by atoms with E-state index in [9.17, 15) is 13.8 Å². The zero-order chi connectivity index (χ0) is 15.0. The van der Waals surface area contributed by atoms with Crippen molar-refractivity contribution in [3.8, 4) is 0 Å². The van der Waals surface area contributed by atoms with Crippen LogP contribution in [0.1, 0.15) is 33.6 Å². The minimum absolute atomic E-state index is 0.141. The predicted octanol–water partition coefficient (Wildman–Crippen LogP) is 0.942. The maximum atomic E-state index is 11.6. The van der Waals surface area contributed by atoms with E-state index < -0.39 is 28.8 Å². The van der Waals surface area contributed by atoms with Gasteiger partial charge >= 0.3 is 12.0 Å². The molecule has 0 bridgehead atoms. The molecule has 0 fully saturated rings. The van der Waals surface area contributed by atoms with Crippen LogP contribution >= 0.6 is 0 Å². The first-order chi connectivity index (χ1) is 8.72. The molecule has 3 atom stereocenters. The van der Waals surface area contributed by atoms with E-state index in [-0.39, 0.29) is 12.0 Å². The third-order valence-electron chi connectivity index (χ3n) is 2.53. The number of hydrogen-bond donors (Lipinski definition) is 3. The molecule has 0 aliphatic carbocycles. The molecule has 112 valence electrons. The molecule has 0 aromatic rings. The fourth-order valence-electron chi connectivity index (χ4n) is 1.53. The van der Waals surface area contributed by atoms with E-state index in [0.717, 1.165) is 0 Å². The van der Waals surface area contributed by atoms with E-state index in [0.29, 0.717) is 18.6 Å². The number of carbonyl (C=O) groups is 2. The lowest BCUT2D eigenvalue weighted by Crippen LogP contribution is -2.49. The van der Waals surface area contributed by atoms with Crippen molar-refractivity contribution in [3.05, 3.63) is 0 Å².